The number of sulfonamides is 1. The van der Waals surface area contributed by atoms with Crippen molar-refractivity contribution in [1.29, 1.82) is 0 Å². The van der Waals surface area contributed by atoms with E-state index in [4.69, 9.17) is 4.74 Å². The summed E-state index contributed by atoms with van der Waals surface area (Å²) in [4.78, 5) is 1.14. The molecule has 0 fully saturated rings. The van der Waals surface area contributed by atoms with Crippen LogP contribution in [0.3, 0.4) is 0 Å². The zero-order valence-electron chi connectivity index (χ0n) is 15.4. The average molecular weight is 396 g/mol. The summed E-state index contributed by atoms with van der Waals surface area (Å²) in [5.74, 6) is -1.58. The minimum atomic E-state index is -4.41. The van der Waals surface area contributed by atoms with Gasteiger partial charge in [0.1, 0.15) is 17.4 Å². The van der Waals surface area contributed by atoms with E-state index < -0.39 is 26.6 Å². The van der Waals surface area contributed by atoms with Crippen LogP contribution in [-0.4, -0.2) is 40.6 Å². The van der Waals surface area contributed by atoms with Crippen LogP contribution in [0.1, 0.15) is 17.5 Å². The van der Waals surface area contributed by atoms with Crippen LogP contribution in [0.15, 0.2) is 35.2 Å². The fourth-order valence-corrected chi connectivity index (χ4v) is 4.72. The first-order valence-electron chi connectivity index (χ1n) is 8.56. The van der Waals surface area contributed by atoms with Gasteiger partial charge in [0, 0.05) is 11.6 Å². The number of halogens is 2. The van der Waals surface area contributed by atoms with Crippen LogP contribution < -0.4 is 9.46 Å². The lowest BCUT2D eigenvalue weighted by Crippen LogP contribution is -2.34. The maximum atomic E-state index is 14.0. The number of likely N-dealkylation sites (N-methyl/N-ethyl adjacent to an activating group) is 1. The standard InChI is InChI=1S/C19H22F2N2O3S/c1-23(2)12-7-8-13-14(11-12)18(26-3)10-9-17(13)22-27(24,25)19-15(20)5-4-6-16(19)21/h4-6,9-10,12,22H,7-8,11H2,1-3H3. The lowest BCUT2D eigenvalue weighted by atomic mass is 9.86. The van der Waals surface area contributed by atoms with Gasteiger partial charge in [-0.3, -0.25) is 4.72 Å². The molecule has 0 saturated heterocycles. The first kappa shape index (κ1) is 19.6. The van der Waals surface area contributed by atoms with E-state index >= 15 is 0 Å². The quantitative estimate of drug-likeness (QED) is 0.843. The number of benzene rings is 2. The van der Waals surface area contributed by atoms with Gasteiger partial charge in [0.15, 0.2) is 4.90 Å². The van der Waals surface area contributed by atoms with E-state index in [1.54, 1.807) is 19.2 Å². The van der Waals surface area contributed by atoms with Gasteiger partial charge in [0.05, 0.1) is 12.8 Å². The molecule has 0 bridgehead atoms. The fourth-order valence-electron chi connectivity index (χ4n) is 3.49. The molecule has 1 aliphatic rings. The van der Waals surface area contributed by atoms with Crippen molar-refractivity contribution in [2.45, 2.75) is 30.2 Å². The van der Waals surface area contributed by atoms with Gasteiger partial charge in [-0.2, -0.15) is 0 Å². The maximum Gasteiger partial charge on any atom is 0.267 e. The number of fused-ring (bicyclic) bond motifs is 1. The Hall–Kier alpha value is -2.19. The molecule has 0 amide bonds. The first-order chi connectivity index (χ1) is 12.7. The second-order valence-electron chi connectivity index (χ2n) is 6.79. The molecule has 0 heterocycles. The van der Waals surface area contributed by atoms with Crippen LogP contribution in [0.4, 0.5) is 14.5 Å². The summed E-state index contributed by atoms with van der Waals surface area (Å²) >= 11 is 0. The second-order valence-corrected chi connectivity index (χ2v) is 8.41. The molecule has 8 heteroatoms. The van der Waals surface area contributed by atoms with Crippen LogP contribution in [-0.2, 0) is 22.9 Å². The van der Waals surface area contributed by atoms with Gasteiger partial charge in [-0.1, -0.05) is 6.07 Å². The molecule has 1 atom stereocenters. The van der Waals surface area contributed by atoms with Crippen molar-refractivity contribution in [1.82, 2.24) is 4.90 Å². The third kappa shape index (κ3) is 3.77. The van der Waals surface area contributed by atoms with E-state index in [1.807, 2.05) is 14.1 Å². The number of nitrogens with zero attached hydrogens (tertiary/aromatic N) is 1. The van der Waals surface area contributed by atoms with Crippen molar-refractivity contribution >= 4 is 15.7 Å². The van der Waals surface area contributed by atoms with Crippen LogP contribution in [0, 0.1) is 11.6 Å². The first-order valence-corrected chi connectivity index (χ1v) is 10.0. The highest BCUT2D eigenvalue weighted by Gasteiger charge is 2.29. The van der Waals surface area contributed by atoms with Crippen molar-refractivity contribution in [3.05, 3.63) is 53.1 Å². The lowest BCUT2D eigenvalue weighted by molar-refractivity contribution is 0.265. The van der Waals surface area contributed by atoms with Crippen molar-refractivity contribution in [2.75, 3.05) is 25.9 Å². The van der Waals surface area contributed by atoms with Crippen LogP contribution in [0.2, 0.25) is 0 Å². The van der Waals surface area contributed by atoms with Gasteiger partial charge in [-0.15, -0.1) is 0 Å². The monoisotopic (exact) mass is 396 g/mol. The molecule has 0 aliphatic heterocycles. The van der Waals surface area contributed by atoms with E-state index in [1.165, 1.54) is 0 Å². The molecule has 2 aromatic rings. The molecule has 0 saturated carbocycles. The normalized spacial score (nSPS) is 16.9. The minimum Gasteiger partial charge on any atom is -0.496 e. The van der Waals surface area contributed by atoms with Gasteiger partial charge in [-0.25, -0.2) is 17.2 Å². The molecule has 1 N–H and O–H groups in total. The Morgan fingerprint density at radius 1 is 1.11 bits per heavy atom. The molecule has 1 unspecified atom stereocenters. The predicted octanol–water partition coefficient (Wildman–Crippen LogP) is 3.19. The molecule has 2 aromatic carbocycles. The largest absolute Gasteiger partial charge is 0.496 e. The van der Waals surface area contributed by atoms with Crippen molar-refractivity contribution < 1.29 is 21.9 Å². The van der Waals surface area contributed by atoms with E-state index in [0.29, 0.717) is 30.3 Å². The summed E-state index contributed by atoms with van der Waals surface area (Å²) in [5.41, 5.74) is 2.04. The van der Waals surface area contributed by atoms with Gasteiger partial charge >= 0.3 is 0 Å². The topological polar surface area (TPSA) is 58.6 Å². The molecule has 146 valence electrons. The number of methoxy groups -OCH3 is 1. The Kier molecular flexibility index (Phi) is 5.39. The van der Waals surface area contributed by atoms with Crippen molar-refractivity contribution in [3.63, 3.8) is 0 Å². The summed E-state index contributed by atoms with van der Waals surface area (Å²) < 4.78 is 61.0. The Morgan fingerprint density at radius 3 is 2.37 bits per heavy atom. The highest BCUT2D eigenvalue weighted by molar-refractivity contribution is 7.92. The van der Waals surface area contributed by atoms with E-state index in [9.17, 15) is 17.2 Å². The summed E-state index contributed by atoms with van der Waals surface area (Å²) in [6.45, 7) is 0. The van der Waals surface area contributed by atoms with Gasteiger partial charge in [-0.05, 0) is 63.2 Å². The van der Waals surface area contributed by atoms with Crippen molar-refractivity contribution in [3.8, 4) is 5.75 Å². The predicted molar refractivity (Wildman–Crippen MR) is 99.7 cm³/mol. The molecular formula is C19H22F2N2O3S. The zero-order valence-corrected chi connectivity index (χ0v) is 16.2. The smallest absolute Gasteiger partial charge is 0.267 e. The summed E-state index contributed by atoms with van der Waals surface area (Å²) in [5, 5.41) is 0. The zero-order chi connectivity index (χ0) is 19.8. The van der Waals surface area contributed by atoms with Gasteiger partial charge in [0.2, 0.25) is 0 Å². The molecular weight excluding hydrogens is 374 g/mol. The number of nitrogens with one attached hydrogen (secondary N) is 1. The van der Waals surface area contributed by atoms with E-state index in [-0.39, 0.29) is 0 Å². The summed E-state index contributed by atoms with van der Waals surface area (Å²) in [6.07, 6.45) is 2.18. The lowest BCUT2D eigenvalue weighted by Gasteiger charge is -2.32. The number of ether oxygens (including phenoxy) is 1. The molecule has 0 spiro atoms. The third-order valence-corrected chi connectivity index (χ3v) is 6.35. The Morgan fingerprint density at radius 2 is 1.78 bits per heavy atom. The number of hydrogen-bond acceptors (Lipinski definition) is 4. The van der Waals surface area contributed by atoms with Gasteiger partial charge in [0.25, 0.3) is 10.0 Å². The third-order valence-electron chi connectivity index (χ3n) is 4.94. The molecule has 3 rings (SSSR count). The average Bonchev–Trinajstić information content (AvgIpc) is 2.60. The van der Waals surface area contributed by atoms with E-state index in [0.717, 1.165) is 35.7 Å². The SMILES string of the molecule is COc1ccc(NS(=O)(=O)c2c(F)cccc2F)c2c1CC(N(C)C)CC2. The van der Waals surface area contributed by atoms with Crippen LogP contribution in [0.25, 0.3) is 0 Å². The summed E-state index contributed by atoms with van der Waals surface area (Å²) in [6, 6.07) is 6.52. The number of anilines is 1. The van der Waals surface area contributed by atoms with Gasteiger partial charge < -0.3 is 9.64 Å². The van der Waals surface area contributed by atoms with Crippen LogP contribution >= 0.6 is 0 Å². The number of rotatable bonds is 5. The molecule has 0 aromatic heterocycles. The molecule has 0 radical (unpaired) electrons. The highest BCUT2D eigenvalue weighted by atomic mass is 32.2. The Balaban J connectivity index is 2.03. The van der Waals surface area contributed by atoms with Crippen molar-refractivity contribution in [2.24, 2.45) is 0 Å². The minimum absolute atomic E-state index is 0.308. The highest BCUT2D eigenvalue weighted by Crippen LogP contribution is 2.37. The number of hydrogen-bond donors (Lipinski definition) is 1. The second kappa shape index (κ2) is 7.44. The fraction of sp³-hybridized carbons (Fsp3) is 0.368. The molecule has 27 heavy (non-hydrogen) atoms. The Labute approximate surface area is 158 Å². The maximum absolute atomic E-state index is 14.0. The molecule has 1 aliphatic carbocycles. The Bertz CT molecular complexity index is 941. The summed E-state index contributed by atoms with van der Waals surface area (Å²) in [7, 11) is 1.15. The molecule has 5 nitrogen and oxygen atoms in total. The van der Waals surface area contributed by atoms with E-state index in [2.05, 4.69) is 9.62 Å². The van der Waals surface area contributed by atoms with Crippen LogP contribution in [0.5, 0.6) is 5.75 Å².